The lowest BCUT2D eigenvalue weighted by Crippen LogP contribution is -2.45. The van der Waals surface area contributed by atoms with E-state index in [4.69, 9.17) is 0 Å². The molecule has 0 radical (unpaired) electrons. The lowest BCUT2D eigenvalue weighted by Gasteiger charge is -2.36. The summed E-state index contributed by atoms with van der Waals surface area (Å²) in [6, 6.07) is 9.17. The molecule has 1 N–H and O–H groups in total. The molecule has 0 bridgehead atoms. The van der Waals surface area contributed by atoms with Gasteiger partial charge in [0.2, 0.25) is 5.91 Å². The number of aryl methyl sites for hydroxylation is 1. The summed E-state index contributed by atoms with van der Waals surface area (Å²) in [7, 11) is 1.95. The largest absolute Gasteiger partial charge is 0.395 e. The third kappa shape index (κ3) is 4.24. The smallest absolute Gasteiger partial charge is 0.237 e. The van der Waals surface area contributed by atoms with Crippen LogP contribution in [-0.4, -0.2) is 53.6 Å². The second-order valence-corrected chi connectivity index (χ2v) is 7.88. The lowest BCUT2D eigenvalue weighted by molar-refractivity contribution is -0.134. The fourth-order valence-corrected chi connectivity index (χ4v) is 4.62. The van der Waals surface area contributed by atoms with Gasteiger partial charge in [0.05, 0.1) is 19.2 Å². The monoisotopic (exact) mass is 344 g/mol. The second kappa shape index (κ2) is 8.33. The van der Waals surface area contributed by atoms with E-state index in [9.17, 15) is 9.90 Å². The number of aliphatic hydroxyl groups excluding tert-OH is 1. The van der Waals surface area contributed by atoms with E-state index in [1.807, 2.05) is 11.9 Å². The van der Waals surface area contributed by atoms with Crippen molar-refractivity contribution in [2.45, 2.75) is 57.5 Å². The molecule has 1 aromatic rings. The molecule has 0 spiro atoms. The van der Waals surface area contributed by atoms with Gasteiger partial charge in [0.1, 0.15) is 0 Å². The van der Waals surface area contributed by atoms with Crippen LogP contribution in [0.15, 0.2) is 24.3 Å². The maximum Gasteiger partial charge on any atom is 0.237 e. The van der Waals surface area contributed by atoms with Gasteiger partial charge < -0.3 is 10.0 Å². The Labute approximate surface area is 151 Å². The van der Waals surface area contributed by atoms with Crippen molar-refractivity contribution in [1.82, 2.24) is 9.80 Å². The zero-order valence-corrected chi connectivity index (χ0v) is 15.7. The Morgan fingerprint density at radius 3 is 2.76 bits per heavy atom. The minimum Gasteiger partial charge on any atom is -0.395 e. The summed E-state index contributed by atoms with van der Waals surface area (Å²) >= 11 is 0. The van der Waals surface area contributed by atoms with Gasteiger partial charge in [-0.2, -0.15) is 0 Å². The minimum atomic E-state index is 0.119. The number of fused-ring (bicyclic) bond motifs is 1. The fourth-order valence-electron chi connectivity index (χ4n) is 4.62. The number of hydrogen-bond acceptors (Lipinski definition) is 3. The molecule has 2 aliphatic rings. The Hall–Kier alpha value is -1.39. The number of hydrogen-bond donors (Lipinski definition) is 1. The first-order chi connectivity index (χ1) is 12.1. The first-order valence-corrected chi connectivity index (χ1v) is 9.78. The molecule has 0 saturated heterocycles. The normalized spacial score (nSPS) is 25.8. The van der Waals surface area contributed by atoms with Crippen molar-refractivity contribution < 1.29 is 9.90 Å². The molecule has 3 atom stereocenters. The van der Waals surface area contributed by atoms with Crippen molar-refractivity contribution in [3.63, 3.8) is 0 Å². The van der Waals surface area contributed by atoms with E-state index in [-0.39, 0.29) is 18.6 Å². The standard InChI is InChI=1S/C21H32N2O2/c1-16-10-11-18(14-16)23(12-13-24)15-21(25)22(2)20-9-5-7-17-6-3-4-8-19(17)20/h3-4,6,8,16,18,20,24H,5,7,9-15H2,1-2H3/t16-,18-,20-/m1/s1. The van der Waals surface area contributed by atoms with Crippen molar-refractivity contribution in [2.75, 3.05) is 26.7 Å². The van der Waals surface area contributed by atoms with Crippen LogP contribution in [0.4, 0.5) is 0 Å². The molecule has 1 amide bonds. The summed E-state index contributed by atoms with van der Waals surface area (Å²) in [5.41, 5.74) is 2.70. The van der Waals surface area contributed by atoms with Crippen LogP contribution < -0.4 is 0 Å². The SMILES string of the molecule is C[C@@H]1CC[C@@H](N(CCO)CC(=O)N(C)[C@@H]2CCCc3ccccc32)C1. The van der Waals surface area contributed by atoms with Crippen molar-refractivity contribution in [1.29, 1.82) is 0 Å². The molecule has 0 heterocycles. The molecular weight excluding hydrogens is 312 g/mol. The Kier molecular flexibility index (Phi) is 6.13. The number of carbonyl (C=O) groups is 1. The van der Waals surface area contributed by atoms with Crippen LogP contribution in [0.5, 0.6) is 0 Å². The predicted octanol–water partition coefficient (Wildman–Crippen LogP) is 3.01. The van der Waals surface area contributed by atoms with Gasteiger partial charge in [-0.1, -0.05) is 31.2 Å². The first-order valence-electron chi connectivity index (χ1n) is 9.78. The molecule has 138 valence electrons. The highest BCUT2D eigenvalue weighted by Crippen LogP contribution is 2.34. The highest BCUT2D eigenvalue weighted by molar-refractivity contribution is 5.78. The molecule has 1 fully saturated rings. The summed E-state index contributed by atoms with van der Waals surface area (Å²) in [5.74, 6) is 0.902. The molecule has 25 heavy (non-hydrogen) atoms. The van der Waals surface area contributed by atoms with Gasteiger partial charge in [0, 0.05) is 19.6 Å². The highest BCUT2D eigenvalue weighted by Gasteiger charge is 2.31. The van der Waals surface area contributed by atoms with Crippen LogP contribution in [0.3, 0.4) is 0 Å². The Morgan fingerprint density at radius 1 is 1.24 bits per heavy atom. The third-order valence-corrected chi connectivity index (χ3v) is 6.11. The average Bonchev–Trinajstić information content (AvgIpc) is 3.06. The van der Waals surface area contributed by atoms with E-state index in [0.29, 0.717) is 19.1 Å². The second-order valence-electron chi connectivity index (χ2n) is 7.88. The van der Waals surface area contributed by atoms with Gasteiger partial charge in [-0.3, -0.25) is 9.69 Å². The number of carbonyl (C=O) groups excluding carboxylic acids is 1. The predicted molar refractivity (Wildman–Crippen MR) is 100 cm³/mol. The number of amides is 1. The molecule has 0 aliphatic heterocycles. The molecule has 0 aromatic heterocycles. The van der Waals surface area contributed by atoms with Gasteiger partial charge in [0.25, 0.3) is 0 Å². The lowest BCUT2D eigenvalue weighted by atomic mass is 9.87. The van der Waals surface area contributed by atoms with Crippen molar-refractivity contribution >= 4 is 5.91 Å². The molecular formula is C21H32N2O2. The maximum absolute atomic E-state index is 13.0. The van der Waals surface area contributed by atoms with Crippen LogP contribution in [0.2, 0.25) is 0 Å². The van der Waals surface area contributed by atoms with E-state index in [1.54, 1.807) is 0 Å². The van der Waals surface area contributed by atoms with Crippen LogP contribution in [-0.2, 0) is 11.2 Å². The van der Waals surface area contributed by atoms with E-state index in [1.165, 1.54) is 17.5 Å². The zero-order valence-electron chi connectivity index (χ0n) is 15.7. The molecule has 0 unspecified atom stereocenters. The molecule has 4 heteroatoms. The zero-order chi connectivity index (χ0) is 17.8. The third-order valence-electron chi connectivity index (χ3n) is 6.11. The average molecular weight is 344 g/mol. The number of benzene rings is 1. The Bertz CT molecular complexity index is 589. The summed E-state index contributed by atoms with van der Waals surface area (Å²) in [4.78, 5) is 17.1. The van der Waals surface area contributed by atoms with Crippen LogP contribution >= 0.6 is 0 Å². The molecule has 3 rings (SSSR count). The minimum absolute atomic E-state index is 0.119. The van der Waals surface area contributed by atoms with Gasteiger partial charge in [-0.15, -0.1) is 0 Å². The summed E-state index contributed by atoms with van der Waals surface area (Å²) in [6.07, 6.45) is 6.81. The molecule has 1 aromatic carbocycles. The molecule has 1 saturated carbocycles. The number of likely N-dealkylation sites (N-methyl/N-ethyl adjacent to an activating group) is 1. The number of nitrogens with zero attached hydrogens (tertiary/aromatic N) is 2. The van der Waals surface area contributed by atoms with Gasteiger partial charge in [0.15, 0.2) is 0 Å². The quantitative estimate of drug-likeness (QED) is 0.863. The van der Waals surface area contributed by atoms with Crippen LogP contribution in [0.1, 0.15) is 56.2 Å². The Morgan fingerprint density at radius 2 is 2.04 bits per heavy atom. The summed E-state index contributed by atoms with van der Waals surface area (Å²) in [6.45, 7) is 3.42. The highest BCUT2D eigenvalue weighted by atomic mass is 16.3. The van der Waals surface area contributed by atoms with Crippen LogP contribution in [0.25, 0.3) is 0 Å². The Balaban J connectivity index is 1.67. The van der Waals surface area contributed by atoms with E-state index >= 15 is 0 Å². The van der Waals surface area contributed by atoms with E-state index in [2.05, 4.69) is 36.1 Å². The van der Waals surface area contributed by atoms with Crippen molar-refractivity contribution in [3.05, 3.63) is 35.4 Å². The summed E-state index contributed by atoms with van der Waals surface area (Å²) < 4.78 is 0. The number of rotatable bonds is 6. The van der Waals surface area contributed by atoms with Crippen LogP contribution in [0, 0.1) is 5.92 Å². The number of aliphatic hydroxyl groups is 1. The van der Waals surface area contributed by atoms with Crippen molar-refractivity contribution in [2.24, 2.45) is 5.92 Å². The summed E-state index contributed by atoms with van der Waals surface area (Å²) in [5, 5.41) is 9.43. The van der Waals surface area contributed by atoms with E-state index in [0.717, 1.165) is 38.0 Å². The van der Waals surface area contributed by atoms with Gasteiger partial charge in [-0.25, -0.2) is 0 Å². The first kappa shape index (κ1) is 18.4. The molecule has 2 aliphatic carbocycles. The van der Waals surface area contributed by atoms with Crippen molar-refractivity contribution in [3.8, 4) is 0 Å². The fraction of sp³-hybridized carbons (Fsp3) is 0.667. The van der Waals surface area contributed by atoms with Gasteiger partial charge in [-0.05, 0) is 55.6 Å². The topological polar surface area (TPSA) is 43.8 Å². The maximum atomic E-state index is 13.0. The van der Waals surface area contributed by atoms with E-state index < -0.39 is 0 Å². The molecule has 4 nitrogen and oxygen atoms in total. The van der Waals surface area contributed by atoms with Gasteiger partial charge >= 0.3 is 0 Å².